The largest absolute Gasteiger partial charge is 0.481 e. The van der Waals surface area contributed by atoms with Crippen molar-refractivity contribution in [3.8, 4) is 0 Å². The number of ether oxygens (including phenoxy) is 1. The number of carbonyl (C=O) groups is 2. The van der Waals surface area contributed by atoms with E-state index in [4.69, 9.17) is 9.84 Å². The van der Waals surface area contributed by atoms with Gasteiger partial charge in [-0.2, -0.15) is 0 Å². The predicted molar refractivity (Wildman–Crippen MR) is 66.3 cm³/mol. The smallest absolute Gasteiger partial charge is 0.305 e. The van der Waals surface area contributed by atoms with E-state index in [1.165, 1.54) is 0 Å². The fraction of sp³-hybridized carbons (Fsp3) is 0.833. The van der Waals surface area contributed by atoms with Crippen LogP contribution in [0.4, 0.5) is 0 Å². The summed E-state index contributed by atoms with van der Waals surface area (Å²) in [6.45, 7) is 3.79. The third-order valence-corrected chi connectivity index (χ3v) is 3.52. The molecule has 1 aliphatic heterocycles. The Kier molecular flexibility index (Phi) is 5.55. The van der Waals surface area contributed by atoms with Gasteiger partial charge in [0.15, 0.2) is 0 Å². The second kappa shape index (κ2) is 6.70. The first kappa shape index (κ1) is 14.9. The van der Waals surface area contributed by atoms with Gasteiger partial charge < -0.3 is 14.7 Å². The first-order chi connectivity index (χ1) is 8.47. The predicted octanol–water partition coefficient (Wildman–Crippen LogP) is 0.0287. The Balaban J connectivity index is 2.83. The van der Waals surface area contributed by atoms with Crippen molar-refractivity contribution in [2.24, 2.45) is 0 Å². The maximum absolute atomic E-state index is 12.2. The zero-order valence-corrected chi connectivity index (χ0v) is 11.3. The third-order valence-electron chi connectivity index (χ3n) is 3.52. The van der Waals surface area contributed by atoms with Gasteiger partial charge in [0.05, 0.1) is 19.1 Å². The molecule has 0 aromatic heterocycles. The molecule has 1 fully saturated rings. The lowest BCUT2D eigenvalue weighted by atomic mass is 10.1. The lowest BCUT2D eigenvalue weighted by molar-refractivity contribution is -0.145. The Hall–Kier alpha value is -1.14. The number of likely N-dealkylation sites (N-methyl/N-ethyl adjacent to an activating group) is 1. The Morgan fingerprint density at radius 1 is 1.56 bits per heavy atom. The Labute approximate surface area is 107 Å². The second-order valence-electron chi connectivity index (χ2n) is 4.73. The topological polar surface area (TPSA) is 70.1 Å². The maximum atomic E-state index is 12.2. The number of aliphatic carboxylic acids is 1. The molecule has 18 heavy (non-hydrogen) atoms. The van der Waals surface area contributed by atoms with Gasteiger partial charge in [0.2, 0.25) is 5.91 Å². The number of rotatable bonds is 5. The summed E-state index contributed by atoms with van der Waals surface area (Å²) in [4.78, 5) is 26.7. The summed E-state index contributed by atoms with van der Waals surface area (Å²) >= 11 is 0. The van der Waals surface area contributed by atoms with Crippen molar-refractivity contribution in [2.75, 3.05) is 33.9 Å². The highest BCUT2D eigenvalue weighted by Gasteiger charge is 2.34. The second-order valence-corrected chi connectivity index (χ2v) is 4.73. The van der Waals surface area contributed by atoms with Gasteiger partial charge in [-0.15, -0.1) is 0 Å². The number of methoxy groups -OCH3 is 1. The number of hydrogen-bond acceptors (Lipinski definition) is 4. The molecule has 0 spiro atoms. The summed E-state index contributed by atoms with van der Waals surface area (Å²) in [7, 11) is 3.34. The van der Waals surface area contributed by atoms with E-state index in [2.05, 4.69) is 0 Å². The minimum atomic E-state index is -0.946. The van der Waals surface area contributed by atoms with Crippen LogP contribution >= 0.6 is 0 Å². The van der Waals surface area contributed by atoms with Crippen LogP contribution in [0.3, 0.4) is 0 Å². The molecule has 2 atom stereocenters. The van der Waals surface area contributed by atoms with E-state index in [-0.39, 0.29) is 18.4 Å². The molecule has 1 aliphatic rings. The number of carboxylic acids is 1. The molecule has 1 amide bonds. The van der Waals surface area contributed by atoms with Gasteiger partial charge in [-0.3, -0.25) is 14.5 Å². The highest BCUT2D eigenvalue weighted by molar-refractivity contribution is 5.86. The van der Waals surface area contributed by atoms with Gasteiger partial charge in [0.1, 0.15) is 0 Å². The highest BCUT2D eigenvalue weighted by atomic mass is 16.5. The minimum Gasteiger partial charge on any atom is -0.481 e. The number of carboxylic acid groups (broad SMARTS) is 1. The summed E-state index contributed by atoms with van der Waals surface area (Å²) in [5, 5.41) is 8.94. The molecule has 0 aromatic rings. The van der Waals surface area contributed by atoms with Crippen molar-refractivity contribution in [2.45, 2.75) is 31.8 Å². The number of amides is 1. The average Bonchev–Trinajstić information content (AvgIpc) is 2.41. The van der Waals surface area contributed by atoms with Gasteiger partial charge in [0.25, 0.3) is 0 Å². The normalized spacial score (nSPS) is 26.2. The molecule has 2 unspecified atom stereocenters. The van der Waals surface area contributed by atoms with Crippen molar-refractivity contribution in [3.05, 3.63) is 0 Å². The lowest BCUT2D eigenvalue weighted by Crippen LogP contribution is -2.47. The van der Waals surface area contributed by atoms with Gasteiger partial charge in [0, 0.05) is 33.3 Å². The molecule has 0 radical (unpaired) electrons. The van der Waals surface area contributed by atoms with Gasteiger partial charge >= 0.3 is 5.97 Å². The molecule has 0 aromatic carbocycles. The molecular formula is C12H22N2O4. The first-order valence-electron chi connectivity index (χ1n) is 6.18. The van der Waals surface area contributed by atoms with Gasteiger partial charge in [-0.1, -0.05) is 0 Å². The SMILES string of the molecule is COCCN1CCC(C)N(C)C(=O)C1CC(=O)O. The maximum Gasteiger partial charge on any atom is 0.305 e. The zero-order chi connectivity index (χ0) is 13.7. The minimum absolute atomic E-state index is 0.112. The molecule has 0 aliphatic carbocycles. The summed E-state index contributed by atoms with van der Waals surface area (Å²) in [5.41, 5.74) is 0. The van der Waals surface area contributed by atoms with Crippen molar-refractivity contribution in [3.63, 3.8) is 0 Å². The Bertz CT molecular complexity index is 308. The molecule has 0 saturated carbocycles. The quantitative estimate of drug-likeness (QED) is 0.753. The molecule has 1 rings (SSSR count). The standard InChI is InChI=1S/C12H22N2O4/c1-9-4-5-14(6-7-18-3)10(8-11(15)16)12(17)13(9)2/h9-10H,4-8H2,1-3H3,(H,15,16). The summed E-state index contributed by atoms with van der Waals surface area (Å²) in [5.74, 6) is -1.06. The fourth-order valence-electron chi connectivity index (χ4n) is 2.17. The van der Waals surface area contributed by atoms with E-state index < -0.39 is 12.0 Å². The molecule has 104 valence electrons. The van der Waals surface area contributed by atoms with Crippen LogP contribution in [0.2, 0.25) is 0 Å². The molecule has 1 heterocycles. The number of nitrogens with zero attached hydrogens (tertiary/aromatic N) is 2. The Morgan fingerprint density at radius 3 is 2.78 bits per heavy atom. The van der Waals surface area contributed by atoms with E-state index in [1.54, 1.807) is 19.1 Å². The zero-order valence-electron chi connectivity index (χ0n) is 11.3. The van der Waals surface area contributed by atoms with Crippen LogP contribution in [0, 0.1) is 0 Å². The molecular weight excluding hydrogens is 236 g/mol. The van der Waals surface area contributed by atoms with E-state index >= 15 is 0 Å². The fourth-order valence-corrected chi connectivity index (χ4v) is 2.17. The third kappa shape index (κ3) is 3.68. The van der Waals surface area contributed by atoms with Crippen LogP contribution in [-0.4, -0.2) is 72.7 Å². The van der Waals surface area contributed by atoms with Crippen LogP contribution < -0.4 is 0 Å². The molecule has 1 saturated heterocycles. The van der Waals surface area contributed by atoms with Gasteiger partial charge in [-0.25, -0.2) is 0 Å². The van der Waals surface area contributed by atoms with Crippen LogP contribution in [0.1, 0.15) is 19.8 Å². The number of hydrogen-bond donors (Lipinski definition) is 1. The van der Waals surface area contributed by atoms with Crippen LogP contribution in [-0.2, 0) is 14.3 Å². The van der Waals surface area contributed by atoms with Crippen molar-refractivity contribution >= 4 is 11.9 Å². The highest BCUT2D eigenvalue weighted by Crippen LogP contribution is 2.17. The molecule has 6 nitrogen and oxygen atoms in total. The van der Waals surface area contributed by atoms with Crippen molar-refractivity contribution in [1.82, 2.24) is 9.80 Å². The van der Waals surface area contributed by atoms with E-state index in [9.17, 15) is 9.59 Å². The monoisotopic (exact) mass is 258 g/mol. The van der Waals surface area contributed by atoms with E-state index in [1.807, 2.05) is 11.8 Å². The number of carbonyl (C=O) groups excluding carboxylic acids is 1. The summed E-state index contributed by atoms with van der Waals surface area (Å²) in [6.07, 6.45) is 0.696. The van der Waals surface area contributed by atoms with Crippen LogP contribution in [0.25, 0.3) is 0 Å². The molecule has 1 N–H and O–H groups in total. The molecule has 0 bridgehead atoms. The summed E-state index contributed by atoms with van der Waals surface area (Å²) in [6, 6.07) is -0.436. The van der Waals surface area contributed by atoms with Crippen LogP contribution in [0.5, 0.6) is 0 Å². The summed E-state index contributed by atoms with van der Waals surface area (Å²) < 4.78 is 5.01. The Morgan fingerprint density at radius 2 is 2.22 bits per heavy atom. The van der Waals surface area contributed by atoms with E-state index in [0.29, 0.717) is 13.2 Å². The first-order valence-corrected chi connectivity index (χ1v) is 6.18. The lowest BCUT2D eigenvalue weighted by Gasteiger charge is -2.28. The van der Waals surface area contributed by atoms with Crippen molar-refractivity contribution in [1.29, 1.82) is 0 Å². The van der Waals surface area contributed by atoms with Crippen LogP contribution in [0.15, 0.2) is 0 Å². The van der Waals surface area contributed by atoms with E-state index in [0.717, 1.165) is 13.0 Å². The average molecular weight is 258 g/mol. The van der Waals surface area contributed by atoms with Crippen molar-refractivity contribution < 1.29 is 19.4 Å². The molecule has 6 heteroatoms. The van der Waals surface area contributed by atoms with Gasteiger partial charge in [-0.05, 0) is 13.3 Å².